The van der Waals surface area contributed by atoms with Crippen LogP contribution in [0.25, 0.3) is 0 Å². The van der Waals surface area contributed by atoms with Gasteiger partial charge in [0.05, 0.1) is 6.10 Å². The Balaban J connectivity index is 2.55. The molecule has 13 heavy (non-hydrogen) atoms. The summed E-state index contributed by atoms with van der Waals surface area (Å²) in [7, 11) is 0. The first-order chi connectivity index (χ1) is 6.00. The van der Waals surface area contributed by atoms with E-state index in [0.29, 0.717) is 12.5 Å². The van der Waals surface area contributed by atoms with Gasteiger partial charge >= 0.3 is 0 Å². The van der Waals surface area contributed by atoms with E-state index >= 15 is 0 Å². The summed E-state index contributed by atoms with van der Waals surface area (Å²) in [5, 5.41) is 9.49. The maximum absolute atomic E-state index is 11.6. The second-order valence-corrected chi connectivity index (χ2v) is 4.39. The van der Waals surface area contributed by atoms with Crippen molar-refractivity contribution in [2.24, 2.45) is 11.8 Å². The minimum atomic E-state index is -0.327. The second-order valence-electron chi connectivity index (χ2n) is 4.39. The molecule has 1 heterocycles. The molecule has 1 N–H and O–H groups in total. The molecule has 0 aromatic carbocycles. The zero-order valence-electron chi connectivity index (χ0n) is 8.66. The van der Waals surface area contributed by atoms with Gasteiger partial charge in [0.1, 0.15) is 0 Å². The summed E-state index contributed by atoms with van der Waals surface area (Å²) in [6.45, 7) is 7.18. The van der Waals surface area contributed by atoms with Crippen molar-refractivity contribution in [3.05, 3.63) is 0 Å². The largest absolute Gasteiger partial charge is 0.391 e. The summed E-state index contributed by atoms with van der Waals surface area (Å²) in [6, 6.07) is 0. The lowest BCUT2D eigenvalue weighted by molar-refractivity contribution is -0.138. The van der Waals surface area contributed by atoms with Gasteiger partial charge in [-0.2, -0.15) is 0 Å². The number of carbonyl (C=O) groups is 1. The lowest BCUT2D eigenvalue weighted by atomic mass is 9.97. The minimum absolute atomic E-state index is 0.0394. The number of rotatable bonds is 1. The third-order valence-electron chi connectivity index (χ3n) is 2.44. The number of aliphatic hydroxyl groups excluding tert-OH is 1. The van der Waals surface area contributed by atoms with Crippen molar-refractivity contribution in [3.63, 3.8) is 0 Å². The third kappa shape index (κ3) is 2.69. The number of aliphatic hydroxyl groups is 1. The summed E-state index contributed by atoms with van der Waals surface area (Å²) < 4.78 is 0. The first-order valence-electron chi connectivity index (χ1n) is 4.97. The van der Waals surface area contributed by atoms with Gasteiger partial charge in [-0.15, -0.1) is 0 Å². The molecule has 1 fully saturated rings. The first kappa shape index (κ1) is 10.5. The average molecular weight is 185 g/mol. The molecule has 1 amide bonds. The van der Waals surface area contributed by atoms with E-state index in [2.05, 4.69) is 6.92 Å². The number of likely N-dealkylation sites (tertiary alicyclic amines) is 1. The Bertz CT molecular complexity index is 181. The number of amides is 1. The van der Waals surface area contributed by atoms with Crippen molar-refractivity contribution in [2.75, 3.05) is 13.1 Å². The Morgan fingerprint density at radius 2 is 2.08 bits per heavy atom. The van der Waals surface area contributed by atoms with Gasteiger partial charge in [0, 0.05) is 19.0 Å². The monoisotopic (exact) mass is 185 g/mol. The van der Waals surface area contributed by atoms with Crippen LogP contribution >= 0.6 is 0 Å². The molecule has 2 atom stereocenters. The maximum Gasteiger partial charge on any atom is 0.225 e. The SMILES string of the molecule is CC(C)C(=O)N1C[C@@H](C)C[C@H](O)C1. The highest BCUT2D eigenvalue weighted by atomic mass is 16.3. The van der Waals surface area contributed by atoms with E-state index in [4.69, 9.17) is 0 Å². The molecule has 0 spiro atoms. The zero-order valence-corrected chi connectivity index (χ0v) is 8.66. The van der Waals surface area contributed by atoms with E-state index < -0.39 is 0 Å². The van der Waals surface area contributed by atoms with E-state index in [1.807, 2.05) is 13.8 Å². The van der Waals surface area contributed by atoms with E-state index in [0.717, 1.165) is 13.0 Å². The predicted molar refractivity (Wildman–Crippen MR) is 51.2 cm³/mol. The highest BCUT2D eigenvalue weighted by Gasteiger charge is 2.27. The predicted octanol–water partition coefficient (Wildman–Crippen LogP) is 0.872. The molecular formula is C10H19NO2. The van der Waals surface area contributed by atoms with Crippen LogP contribution in [0.5, 0.6) is 0 Å². The molecule has 3 nitrogen and oxygen atoms in total. The molecule has 1 aliphatic heterocycles. The number of nitrogens with zero attached hydrogens (tertiary/aromatic N) is 1. The molecular weight excluding hydrogens is 166 g/mol. The smallest absolute Gasteiger partial charge is 0.225 e. The molecule has 1 rings (SSSR count). The van der Waals surface area contributed by atoms with Crippen LogP contribution in [-0.4, -0.2) is 35.1 Å². The molecule has 0 unspecified atom stereocenters. The number of hydrogen-bond acceptors (Lipinski definition) is 2. The Morgan fingerprint density at radius 1 is 1.46 bits per heavy atom. The van der Waals surface area contributed by atoms with Gasteiger partial charge in [0.15, 0.2) is 0 Å². The van der Waals surface area contributed by atoms with Crippen molar-refractivity contribution in [2.45, 2.75) is 33.3 Å². The minimum Gasteiger partial charge on any atom is -0.391 e. The fourth-order valence-corrected chi connectivity index (χ4v) is 1.86. The van der Waals surface area contributed by atoms with E-state index in [-0.39, 0.29) is 17.9 Å². The van der Waals surface area contributed by atoms with Crippen LogP contribution in [-0.2, 0) is 4.79 Å². The lowest BCUT2D eigenvalue weighted by Gasteiger charge is -2.35. The van der Waals surface area contributed by atoms with Crippen LogP contribution in [0.3, 0.4) is 0 Å². The van der Waals surface area contributed by atoms with Crippen LogP contribution in [0.1, 0.15) is 27.2 Å². The highest BCUT2D eigenvalue weighted by molar-refractivity contribution is 5.78. The lowest BCUT2D eigenvalue weighted by Crippen LogP contribution is -2.47. The Kier molecular flexibility index (Phi) is 3.31. The fourth-order valence-electron chi connectivity index (χ4n) is 1.86. The summed E-state index contributed by atoms with van der Waals surface area (Å²) in [5.74, 6) is 0.620. The number of piperidine rings is 1. The average Bonchev–Trinajstić information content (AvgIpc) is 2.01. The van der Waals surface area contributed by atoms with Crippen molar-refractivity contribution in [1.29, 1.82) is 0 Å². The molecule has 0 saturated carbocycles. The van der Waals surface area contributed by atoms with Gasteiger partial charge in [-0.05, 0) is 12.3 Å². The normalized spacial score (nSPS) is 29.5. The summed E-state index contributed by atoms with van der Waals surface area (Å²) >= 11 is 0. The van der Waals surface area contributed by atoms with Gasteiger partial charge in [0.2, 0.25) is 5.91 Å². The Morgan fingerprint density at radius 3 is 2.54 bits per heavy atom. The van der Waals surface area contributed by atoms with Gasteiger partial charge in [-0.1, -0.05) is 20.8 Å². The van der Waals surface area contributed by atoms with Gasteiger partial charge in [-0.25, -0.2) is 0 Å². The topological polar surface area (TPSA) is 40.5 Å². The fraction of sp³-hybridized carbons (Fsp3) is 0.900. The Hall–Kier alpha value is -0.570. The molecule has 1 saturated heterocycles. The molecule has 76 valence electrons. The molecule has 3 heteroatoms. The standard InChI is InChI=1S/C10H19NO2/c1-7(2)10(13)11-5-8(3)4-9(12)6-11/h7-9,12H,4-6H2,1-3H3/t8-,9-/m0/s1. The highest BCUT2D eigenvalue weighted by Crippen LogP contribution is 2.17. The number of hydrogen-bond donors (Lipinski definition) is 1. The molecule has 0 bridgehead atoms. The van der Waals surface area contributed by atoms with Crippen molar-refractivity contribution in [3.8, 4) is 0 Å². The van der Waals surface area contributed by atoms with Crippen molar-refractivity contribution < 1.29 is 9.90 Å². The molecule has 0 aromatic heterocycles. The number of carbonyl (C=O) groups excluding carboxylic acids is 1. The zero-order chi connectivity index (χ0) is 10.0. The van der Waals surface area contributed by atoms with Crippen LogP contribution in [0.4, 0.5) is 0 Å². The molecule has 0 radical (unpaired) electrons. The molecule has 0 aliphatic carbocycles. The van der Waals surface area contributed by atoms with Crippen LogP contribution in [0.2, 0.25) is 0 Å². The van der Waals surface area contributed by atoms with Crippen molar-refractivity contribution >= 4 is 5.91 Å². The first-order valence-corrected chi connectivity index (χ1v) is 4.97. The summed E-state index contributed by atoms with van der Waals surface area (Å²) in [6.07, 6.45) is 0.494. The summed E-state index contributed by atoms with van der Waals surface area (Å²) in [5.41, 5.74) is 0. The van der Waals surface area contributed by atoms with Crippen LogP contribution in [0, 0.1) is 11.8 Å². The van der Waals surface area contributed by atoms with Gasteiger partial charge < -0.3 is 10.0 Å². The molecule has 1 aliphatic rings. The van der Waals surface area contributed by atoms with E-state index in [9.17, 15) is 9.90 Å². The van der Waals surface area contributed by atoms with Crippen LogP contribution < -0.4 is 0 Å². The summed E-state index contributed by atoms with van der Waals surface area (Å²) in [4.78, 5) is 13.4. The Labute approximate surface area is 79.7 Å². The number of β-amino-alcohol motifs (C(OH)–C–C–N with tert-alkyl or cyclic N) is 1. The third-order valence-corrected chi connectivity index (χ3v) is 2.44. The molecule has 0 aromatic rings. The van der Waals surface area contributed by atoms with Gasteiger partial charge in [-0.3, -0.25) is 4.79 Å². The van der Waals surface area contributed by atoms with E-state index in [1.165, 1.54) is 0 Å². The maximum atomic E-state index is 11.6. The second kappa shape index (κ2) is 4.09. The van der Waals surface area contributed by atoms with Crippen molar-refractivity contribution in [1.82, 2.24) is 4.90 Å². The quantitative estimate of drug-likeness (QED) is 0.658. The van der Waals surface area contributed by atoms with Gasteiger partial charge in [0.25, 0.3) is 0 Å². The van der Waals surface area contributed by atoms with Crippen LogP contribution in [0.15, 0.2) is 0 Å². The van der Waals surface area contributed by atoms with E-state index in [1.54, 1.807) is 4.90 Å².